The molecule has 2 aliphatic carbocycles. The molecular weight excluding hydrogens is 767 g/mol. The van der Waals surface area contributed by atoms with Gasteiger partial charge in [-0.2, -0.15) is 9.97 Å². The van der Waals surface area contributed by atoms with Crippen molar-refractivity contribution in [3.05, 3.63) is 235 Å². The maximum Gasteiger partial charge on any atom is 0.238 e. The predicted molar refractivity (Wildman–Crippen MR) is 258 cm³/mol. The SMILES string of the molecule is [2H]C1=C([2H])C2c3c([2H])c([2H])c(-n4c5c([2H])c([2H])c([2H])c([2H])c5c5c([2H])c([2H])c6c7c([2H])c([2H])c([2H])c([2H])c7n(-c7nc(-c8ccccc8)nc(-c8ccc(-c9ccc([2H])cc9)cc8)n7)c6c54)c([2H])c3C(c3c([2H])c([2H])c([2H])c([2H])c3[2H])C2C([2H])=C1[2H]. The molecule has 2 aliphatic rings. The fourth-order valence-corrected chi connectivity index (χ4v) is 8.81. The molecule has 0 amide bonds. The van der Waals surface area contributed by atoms with Crippen molar-refractivity contribution in [1.29, 1.82) is 0 Å². The van der Waals surface area contributed by atoms with Gasteiger partial charge in [0.2, 0.25) is 5.95 Å². The second kappa shape index (κ2) is 14.2. The van der Waals surface area contributed by atoms with Crippen LogP contribution in [0.3, 0.4) is 0 Å². The summed E-state index contributed by atoms with van der Waals surface area (Å²) < 4.78 is 215. The van der Waals surface area contributed by atoms with Crippen molar-refractivity contribution < 1.29 is 31.5 Å². The van der Waals surface area contributed by atoms with E-state index < -0.39 is 189 Å². The van der Waals surface area contributed by atoms with Gasteiger partial charge in [0.1, 0.15) is 0 Å². The van der Waals surface area contributed by atoms with Crippen LogP contribution in [0.15, 0.2) is 218 Å². The van der Waals surface area contributed by atoms with Gasteiger partial charge in [0, 0.05) is 50.2 Å². The van der Waals surface area contributed by atoms with Crippen molar-refractivity contribution in [2.45, 2.75) is 11.8 Å². The molecule has 0 saturated carbocycles. The van der Waals surface area contributed by atoms with E-state index in [4.69, 9.17) is 28.7 Å². The lowest BCUT2D eigenvalue weighted by atomic mass is 9.80. The van der Waals surface area contributed by atoms with Crippen LogP contribution in [-0.2, 0) is 0 Å². The summed E-state index contributed by atoms with van der Waals surface area (Å²) in [6.45, 7) is 0. The molecule has 0 bridgehead atoms. The second-order valence-corrected chi connectivity index (χ2v) is 14.9. The van der Waals surface area contributed by atoms with Crippen LogP contribution in [0.5, 0.6) is 0 Å². The predicted octanol–water partition coefficient (Wildman–Crippen LogP) is 14.0. The van der Waals surface area contributed by atoms with Crippen LogP contribution >= 0.6 is 0 Å². The summed E-state index contributed by atoms with van der Waals surface area (Å²) in [4.78, 5) is 14.8. The number of rotatable bonds is 6. The molecule has 0 spiro atoms. The van der Waals surface area contributed by atoms with Crippen LogP contribution in [0.2, 0.25) is 0 Å². The molecule has 3 aromatic heterocycles. The summed E-state index contributed by atoms with van der Waals surface area (Å²) >= 11 is 0. The van der Waals surface area contributed by atoms with E-state index >= 15 is 0 Å². The number of benzene rings is 8. The van der Waals surface area contributed by atoms with E-state index in [0.29, 0.717) is 17.2 Å². The van der Waals surface area contributed by atoms with Crippen molar-refractivity contribution in [3.63, 3.8) is 0 Å². The lowest BCUT2D eigenvalue weighted by Gasteiger charge is -2.23. The van der Waals surface area contributed by atoms with E-state index in [2.05, 4.69) is 0 Å². The van der Waals surface area contributed by atoms with Gasteiger partial charge in [-0.3, -0.25) is 4.57 Å². The lowest BCUT2D eigenvalue weighted by molar-refractivity contribution is 0.567. The van der Waals surface area contributed by atoms with Crippen LogP contribution in [-0.4, -0.2) is 24.1 Å². The van der Waals surface area contributed by atoms with Gasteiger partial charge in [-0.1, -0.05) is 194 Å². The molecule has 3 heterocycles. The summed E-state index contributed by atoms with van der Waals surface area (Å²) in [5, 5.41) is -1.60. The van der Waals surface area contributed by atoms with Gasteiger partial charge >= 0.3 is 0 Å². The highest BCUT2D eigenvalue weighted by Gasteiger charge is 2.40. The van der Waals surface area contributed by atoms with Gasteiger partial charge in [0.25, 0.3) is 0 Å². The average Bonchev–Trinajstić information content (AvgIpc) is 1.70. The molecule has 11 aromatic rings. The smallest absolute Gasteiger partial charge is 0.238 e. The van der Waals surface area contributed by atoms with E-state index in [1.807, 2.05) is 0 Å². The first-order valence-corrected chi connectivity index (χ1v) is 19.8. The Kier molecular flexibility index (Phi) is 4.45. The Hall–Kier alpha value is -8.15. The first-order valence-electron chi connectivity index (χ1n) is 31.3. The molecule has 63 heavy (non-hydrogen) atoms. The van der Waals surface area contributed by atoms with Gasteiger partial charge in [0.15, 0.2) is 11.6 Å². The van der Waals surface area contributed by atoms with E-state index in [-0.39, 0.29) is 45.0 Å². The topological polar surface area (TPSA) is 48.5 Å². The van der Waals surface area contributed by atoms with Crippen molar-refractivity contribution >= 4 is 43.6 Å². The molecule has 0 fully saturated rings. The highest BCUT2D eigenvalue weighted by molar-refractivity contribution is 6.23. The number of hydrogen-bond donors (Lipinski definition) is 0. The summed E-state index contributed by atoms with van der Waals surface area (Å²) in [5.74, 6) is -5.28. The molecule has 13 rings (SSSR count). The molecule has 0 N–H and O–H groups in total. The normalized spacial score (nSPS) is 22.3. The number of allylic oxidation sites excluding steroid dienone is 4. The Morgan fingerprint density at radius 2 is 1.03 bits per heavy atom. The van der Waals surface area contributed by atoms with Crippen molar-refractivity contribution in [3.8, 4) is 45.5 Å². The summed E-state index contributed by atoms with van der Waals surface area (Å²) in [5.41, 5.74) is -1.23. The van der Waals surface area contributed by atoms with Crippen LogP contribution < -0.4 is 0 Å². The van der Waals surface area contributed by atoms with E-state index in [0.717, 1.165) is 15.7 Å². The third-order valence-electron chi connectivity index (χ3n) is 11.6. The highest BCUT2D eigenvalue weighted by atomic mass is 15.2. The van der Waals surface area contributed by atoms with Gasteiger partial charge < -0.3 is 4.57 Å². The Bertz CT molecular complexity index is 4950. The van der Waals surface area contributed by atoms with Gasteiger partial charge in [0.05, 0.1) is 53.6 Å². The van der Waals surface area contributed by atoms with Crippen LogP contribution in [0.25, 0.3) is 89.2 Å². The minimum Gasteiger partial charge on any atom is -0.307 e. The third-order valence-corrected chi connectivity index (χ3v) is 11.6. The van der Waals surface area contributed by atoms with E-state index in [1.165, 1.54) is 4.57 Å². The minimum atomic E-state index is -1.76. The number of nitrogens with zero attached hydrogens (tertiary/aromatic N) is 5. The Morgan fingerprint density at radius 1 is 0.444 bits per heavy atom. The van der Waals surface area contributed by atoms with Crippen LogP contribution in [0.4, 0.5) is 0 Å². The maximum absolute atomic E-state index is 10.5. The molecule has 3 unspecified atom stereocenters. The van der Waals surface area contributed by atoms with E-state index in [1.54, 1.807) is 78.9 Å². The molecule has 5 nitrogen and oxygen atoms in total. The molecule has 0 aliphatic heterocycles. The van der Waals surface area contributed by atoms with Crippen molar-refractivity contribution in [2.24, 2.45) is 5.92 Å². The second-order valence-electron chi connectivity index (χ2n) is 14.9. The van der Waals surface area contributed by atoms with Crippen molar-refractivity contribution in [1.82, 2.24) is 24.1 Å². The standard InChI is InChI=1S/C58H39N5/c1-4-16-37(17-5-1)38-28-30-41(31-29-38)57-59-56(40-20-8-3-9-21-40)60-58(61-57)63-52-27-15-13-24-46(52)49-35-34-48-45-23-12-14-26-51(45)62(54(48)55(49)63)42-32-33-44-43-22-10-11-25-47(43)53(50(44)36-42)39-18-6-2-7-19-39/h1-36,43,47,53H/i1D,2D,6D,7D,10D,11D,12D,13D,14D,15D,18D,19D,22D,23D,24D,25D,26D,27D,32D,33D,34D,35D,36D. The molecule has 3 atom stereocenters. The number of hydrogen-bond acceptors (Lipinski definition) is 3. The number of para-hydroxylation sites is 2. The molecule has 0 saturated heterocycles. The fraction of sp³-hybridized carbons (Fsp3) is 0.0517. The summed E-state index contributed by atoms with van der Waals surface area (Å²) in [7, 11) is 0. The summed E-state index contributed by atoms with van der Waals surface area (Å²) in [6, 6.07) is 5.80. The summed E-state index contributed by atoms with van der Waals surface area (Å²) in [6.07, 6.45) is 0. The molecule has 8 aromatic carbocycles. The van der Waals surface area contributed by atoms with Gasteiger partial charge in [-0.15, -0.1) is 0 Å². The highest BCUT2D eigenvalue weighted by Crippen LogP contribution is 2.53. The molecule has 0 radical (unpaired) electrons. The third kappa shape index (κ3) is 5.60. The fourth-order valence-electron chi connectivity index (χ4n) is 8.81. The Balaban J connectivity index is 1.25. The monoisotopic (exact) mass is 828 g/mol. The van der Waals surface area contributed by atoms with Crippen LogP contribution in [0.1, 0.15) is 60.1 Å². The zero-order valence-corrected chi connectivity index (χ0v) is 32.5. The largest absolute Gasteiger partial charge is 0.307 e. The molecule has 5 heteroatoms. The Morgan fingerprint density at radius 3 is 1.76 bits per heavy atom. The van der Waals surface area contributed by atoms with Crippen LogP contribution in [0, 0.1) is 5.92 Å². The van der Waals surface area contributed by atoms with Gasteiger partial charge in [-0.05, 0) is 57.9 Å². The zero-order chi connectivity index (χ0) is 61.4. The van der Waals surface area contributed by atoms with E-state index in [9.17, 15) is 17.8 Å². The van der Waals surface area contributed by atoms with Gasteiger partial charge in [-0.25, -0.2) is 4.98 Å². The maximum atomic E-state index is 10.5. The first kappa shape index (κ1) is 19.7. The first-order chi connectivity index (χ1) is 40.8. The quantitative estimate of drug-likeness (QED) is 0.168. The van der Waals surface area contributed by atoms with Crippen molar-refractivity contribution in [2.75, 3.05) is 0 Å². The molecular formula is C58H39N5. The minimum absolute atomic E-state index is 0.00846. The number of fused-ring (bicyclic) bond motifs is 10. The zero-order valence-electron chi connectivity index (χ0n) is 55.5. The lowest BCUT2D eigenvalue weighted by Crippen LogP contribution is -2.11. The average molecular weight is 829 g/mol. The Labute approximate surface area is 396 Å². The molecule has 296 valence electrons. The number of aromatic nitrogens is 5.